The van der Waals surface area contributed by atoms with Gasteiger partial charge in [0.1, 0.15) is 12.4 Å². The van der Waals surface area contributed by atoms with Crippen molar-refractivity contribution in [3.63, 3.8) is 0 Å². The van der Waals surface area contributed by atoms with Crippen LogP contribution in [0.2, 0.25) is 0 Å². The lowest BCUT2D eigenvalue weighted by Crippen LogP contribution is -2.39. The van der Waals surface area contributed by atoms with E-state index in [-0.39, 0.29) is 12.2 Å². The van der Waals surface area contributed by atoms with Gasteiger partial charge in [0, 0.05) is 12.5 Å². The first-order chi connectivity index (χ1) is 16.4. The van der Waals surface area contributed by atoms with Crippen LogP contribution in [0.5, 0.6) is 5.75 Å². The zero-order chi connectivity index (χ0) is 24.2. The van der Waals surface area contributed by atoms with Crippen molar-refractivity contribution < 1.29 is 19.1 Å². The Bertz CT molecular complexity index is 1480. The predicted octanol–water partition coefficient (Wildman–Crippen LogP) is 2.89. The molecular formula is C26H22N2O5S. The molecule has 0 unspecified atom stereocenters. The number of allylic oxidation sites excluding steroid dienone is 1. The fraction of sp³-hybridized carbons (Fsp3) is 0.154. The van der Waals surface area contributed by atoms with Crippen LogP contribution in [0.25, 0.3) is 6.08 Å². The van der Waals surface area contributed by atoms with Crippen molar-refractivity contribution in [1.82, 2.24) is 4.57 Å². The lowest BCUT2D eigenvalue weighted by atomic mass is 9.96. The third kappa shape index (κ3) is 4.53. The van der Waals surface area contributed by atoms with Gasteiger partial charge in [0.2, 0.25) is 0 Å². The second kappa shape index (κ2) is 9.84. The van der Waals surface area contributed by atoms with Crippen molar-refractivity contribution in [2.24, 2.45) is 4.99 Å². The predicted molar refractivity (Wildman–Crippen MR) is 129 cm³/mol. The normalized spacial score (nSPS) is 15.4. The highest BCUT2D eigenvalue weighted by Gasteiger charge is 2.33. The number of benzene rings is 2. The molecule has 3 aromatic rings. The molecule has 0 saturated carbocycles. The summed E-state index contributed by atoms with van der Waals surface area (Å²) in [6.07, 6.45) is 3.15. The number of aromatic nitrogens is 1. The van der Waals surface area contributed by atoms with Crippen molar-refractivity contribution in [1.29, 1.82) is 0 Å². The SMILES string of the molecule is C=CCOC(=O)C1=C(C)N=c2s/c(=C/c3ccccc3OC(C)=O)c(=O)n2[C@@H]1c1ccccc1. The molecule has 34 heavy (non-hydrogen) atoms. The van der Waals surface area contributed by atoms with Gasteiger partial charge in [-0.3, -0.25) is 14.2 Å². The van der Waals surface area contributed by atoms with E-state index in [9.17, 15) is 14.4 Å². The molecule has 2 heterocycles. The molecule has 0 aliphatic carbocycles. The molecule has 1 aliphatic rings. The summed E-state index contributed by atoms with van der Waals surface area (Å²) in [5.74, 6) is -0.653. The Morgan fingerprint density at radius 2 is 1.85 bits per heavy atom. The largest absolute Gasteiger partial charge is 0.458 e. The average Bonchev–Trinajstić information content (AvgIpc) is 3.12. The maximum Gasteiger partial charge on any atom is 0.338 e. The van der Waals surface area contributed by atoms with E-state index in [1.807, 2.05) is 30.3 Å². The number of fused-ring (bicyclic) bond motifs is 1. The average molecular weight is 475 g/mol. The van der Waals surface area contributed by atoms with Gasteiger partial charge in [0.05, 0.1) is 21.8 Å². The molecule has 0 radical (unpaired) electrons. The quantitative estimate of drug-likeness (QED) is 0.312. The second-order valence-electron chi connectivity index (χ2n) is 7.51. The van der Waals surface area contributed by atoms with Gasteiger partial charge in [0.15, 0.2) is 4.80 Å². The van der Waals surface area contributed by atoms with Crippen molar-refractivity contribution in [2.75, 3.05) is 6.61 Å². The molecule has 0 bridgehead atoms. The van der Waals surface area contributed by atoms with Crippen LogP contribution in [0, 0.1) is 0 Å². The number of carbonyl (C=O) groups excluding carboxylic acids is 2. The first kappa shape index (κ1) is 23.1. The molecule has 4 rings (SSSR count). The van der Waals surface area contributed by atoms with E-state index in [2.05, 4.69) is 11.6 Å². The molecule has 7 nitrogen and oxygen atoms in total. The number of carbonyl (C=O) groups is 2. The Labute approximate surface area is 199 Å². The minimum absolute atomic E-state index is 0.0501. The van der Waals surface area contributed by atoms with E-state index < -0.39 is 18.0 Å². The Balaban J connectivity index is 1.92. The van der Waals surface area contributed by atoms with Gasteiger partial charge < -0.3 is 9.47 Å². The van der Waals surface area contributed by atoms with E-state index in [1.165, 1.54) is 28.9 Å². The standard InChI is InChI=1S/C26H22N2O5S/c1-4-14-32-25(31)22-16(2)27-26-28(23(22)18-10-6-5-7-11-18)24(30)21(34-26)15-19-12-8-9-13-20(19)33-17(3)29/h4-13,15,23H,1,14H2,2-3H3/b21-15+/t23-/m1/s1. The number of hydrogen-bond donors (Lipinski definition) is 0. The van der Waals surface area contributed by atoms with Crippen molar-refractivity contribution in [3.8, 4) is 5.75 Å². The second-order valence-corrected chi connectivity index (χ2v) is 8.52. The molecule has 0 fully saturated rings. The maximum absolute atomic E-state index is 13.6. The highest BCUT2D eigenvalue weighted by molar-refractivity contribution is 7.07. The molecule has 1 aromatic heterocycles. The van der Waals surface area contributed by atoms with E-state index in [0.717, 1.165) is 5.56 Å². The van der Waals surface area contributed by atoms with E-state index in [1.54, 1.807) is 37.3 Å². The third-order valence-corrected chi connectivity index (χ3v) is 6.13. The van der Waals surface area contributed by atoms with Gasteiger partial charge in [0.25, 0.3) is 5.56 Å². The molecule has 0 amide bonds. The fourth-order valence-corrected chi connectivity index (χ4v) is 4.77. The van der Waals surface area contributed by atoms with Gasteiger partial charge in [-0.15, -0.1) is 0 Å². The number of hydrogen-bond acceptors (Lipinski definition) is 7. The summed E-state index contributed by atoms with van der Waals surface area (Å²) >= 11 is 1.20. The molecule has 2 aromatic carbocycles. The number of esters is 2. The highest BCUT2D eigenvalue weighted by atomic mass is 32.1. The van der Waals surface area contributed by atoms with Gasteiger partial charge in [-0.2, -0.15) is 0 Å². The van der Waals surface area contributed by atoms with Crippen LogP contribution in [0.15, 0.2) is 88.3 Å². The molecule has 0 spiro atoms. The number of para-hydroxylation sites is 1. The summed E-state index contributed by atoms with van der Waals surface area (Å²) in [5, 5.41) is 0. The van der Waals surface area contributed by atoms with Crippen molar-refractivity contribution >= 4 is 29.4 Å². The van der Waals surface area contributed by atoms with Crippen LogP contribution in [-0.2, 0) is 14.3 Å². The van der Waals surface area contributed by atoms with E-state index in [0.29, 0.717) is 31.9 Å². The molecule has 1 aliphatic heterocycles. The lowest BCUT2D eigenvalue weighted by molar-refractivity contribution is -0.138. The molecular weight excluding hydrogens is 452 g/mol. The number of nitrogens with zero attached hydrogens (tertiary/aromatic N) is 2. The van der Waals surface area contributed by atoms with Crippen molar-refractivity contribution in [2.45, 2.75) is 19.9 Å². The molecule has 0 saturated heterocycles. The summed E-state index contributed by atoms with van der Waals surface area (Å²) in [5.41, 5.74) is 1.82. The van der Waals surface area contributed by atoms with Gasteiger partial charge >= 0.3 is 11.9 Å². The Hall–Kier alpha value is -4.04. The van der Waals surface area contributed by atoms with E-state index >= 15 is 0 Å². The first-order valence-corrected chi connectivity index (χ1v) is 11.4. The van der Waals surface area contributed by atoms with Gasteiger partial charge in [-0.1, -0.05) is 72.5 Å². The molecule has 1 atom stereocenters. The van der Waals surface area contributed by atoms with Gasteiger partial charge in [-0.05, 0) is 24.6 Å². The molecule has 8 heteroatoms. The van der Waals surface area contributed by atoms with Crippen LogP contribution in [0.1, 0.15) is 31.0 Å². The van der Waals surface area contributed by atoms with Gasteiger partial charge in [-0.25, -0.2) is 9.79 Å². The highest BCUT2D eigenvalue weighted by Crippen LogP contribution is 2.30. The Morgan fingerprint density at radius 3 is 2.56 bits per heavy atom. The third-order valence-electron chi connectivity index (χ3n) is 5.15. The number of ether oxygens (including phenoxy) is 2. The lowest BCUT2D eigenvalue weighted by Gasteiger charge is -2.24. The number of thiazole rings is 1. The van der Waals surface area contributed by atoms with Crippen molar-refractivity contribution in [3.05, 3.63) is 109 Å². The van der Waals surface area contributed by atoms with Crippen LogP contribution in [-0.4, -0.2) is 23.1 Å². The molecule has 0 N–H and O–H groups in total. The maximum atomic E-state index is 13.6. The zero-order valence-corrected chi connectivity index (χ0v) is 19.5. The molecule has 172 valence electrons. The van der Waals surface area contributed by atoms with E-state index in [4.69, 9.17) is 9.47 Å². The van der Waals surface area contributed by atoms with Crippen LogP contribution < -0.4 is 19.6 Å². The summed E-state index contributed by atoms with van der Waals surface area (Å²) < 4.78 is 12.5. The minimum Gasteiger partial charge on any atom is -0.458 e. The summed E-state index contributed by atoms with van der Waals surface area (Å²) in [7, 11) is 0. The zero-order valence-electron chi connectivity index (χ0n) is 18.7. The van der Waals surface area contributed by atoms with Crippen LogP contribution in [0.4, 0.5) is 0 Å². The Morgan fingerprint density at radius 1 is 1.15 bits per heavy atom. The minimum atomic E-state index is -0.694. The summed E-state index contributed by atoms with van der Waals surface area (Å²) in [4.78, 5) is 43.1. The first-order valence-electron chi connectivity index (χ1n) is 10.5. The number of rotatable bonds is 6. The topological polar surface area (TPSA) is 87.0 Å². The summed E-state index contributed by atoms with van der Waals surface area (Å²) in [6.45, 7) is 6.69. The van der Waals surface area contributed by atoms with Crippen LogP contribution in [0.3, 0.4) is 0 Å². The van der Waals surface area contributed by atoms with Crippen LogP contribution >= 0.6 is 11.3 Å². The monoisotopic (exact) mass is 474 g/mol. The Kier molecular flexibility index (Phi) is 6.70. The smallest absolute Gasteiger partial charge is 0.338 e. The summed E-state index contributed by atoms with van der Waals surface area (Å²) in [6, 6.07) is 15.5. The fourth-order valence-electron chi connectivity index (χ4n) is 3.73.